The van der Waals surface area contributed by atoms with Crippen molar-refractivity contribution in [1.82, 2.24) is 9.88 Å². The van der Waals surface area contributed by atoms with E-state index in [-0.39, 0.29) is 0 Å². The summed E-state index contributed by atoms with van der Waals surface area (Å²) < 4.78 is 0. The third-order valence-electron chi connectivity index (χ3n) is 5.49. The fourth-order valence-electron chi connectivity index (χ4n) is 4.43. The van der Waals surface area contributed by atoms with Gasteiger partial charge in [0, 0.05) is 24.8 Å². The lowest BCUT2D eigenvalue weighted by molar-refractivity contribution is -0.0625. The van der Waals surface area contributed by atoms with E-state index in [0.29, 0.717) is 36.2 Å². The highest BCUT2D eigenvalue weighted by Gasteiger charge is 2.49. The molecule has 0 radical (unpaired) electrons. The molecule has 2 unspecified atom stereocenters. The molecule has 1 N–H and O–H groups in total. The predicted molar refractivity (Wildman–Crippen MR) is 90.9 cm³/mol. The molecule has 2 atom stereocenters. The number of hydrogen-bond acceptors (Lipinski definition) is 4. The maximum atomic E-state index is 11.3. The molecule has 1 aromatic heterocycles. The average Bonchev–Trinajstić information content (AvgIpc) is 2.86. The molecule has 4 heteroatoms. The Balaban J connectivity index is 1.59. The van der Waals surface area contributed by atoms with Crippen LogP contribution in [0.4, 0.5) is 0 Å². The van der Waals surface area contributed by atoms with E-state index >= 15 is 0 Å². The van der Waals surface area contributed by atoms with Gasteiger partial charge in [0.2, 0.25) is 0 Å². The standard InChI is InChI=1S/C20H21N3O/c21-13-16-7-4-10-22-19(16)20(24)11-17-8-9-18(12-20)23(17)14-15-5-2-1-3-6-15/h1-7,10,17-18,24H,8-9,11-12,14H2. The highest BCUT2D eigenvalue weighted by molar-refractivity contribution is 5.37. The minimum atomic E-state index is -0.981. The Hall–Kier alpha value is -2.22. The van der Waals surface area contributed by atoms with Crippen molar-refractivity contribution in [3.05, 3.63) is 65.5 Å². The lowest BCUT2D eigenvalue weighted by Crippen LogP contribution is -2.49. The number of hydrogen-bond donors (Lipinski definition) is 1. The van der Waals surface area contributed by atoms with Gasteiger partial charge in [0.05, 0.1) is 11.3 Å². The molecule has 4 nitrogen and oxygen atoms in total. The quantitative estimate of drug-likeness (QED) is 0.945. The van der Waals surface area contributed by atoms with Crippen molar-refractivity contribution < 1.29 is 5.11 Å². The van der Waals surface area contributed by atoms with Gasteiger partial charge in [-0.1, -0.05) is 30.3 Å². The summed E-state index contributed by atoms with van der Waals surface area (Å²) in [6.45, 7) is 0.930. The van der Waals surface area contributed by atoms with Crippen molar-refractivity contribution in [2.45, 2.75) is 49.9 Å². The van der Waals surface area contributed by atoms with Gasteiger partial charge < -0.3 is 5.11 Å². The number of fused-ring (bicyclic) bond motifs is 2. The monoisotopic (exact) mass is 319 g/mol. The lowest BCUT2D eigenvalue weighted by Gasteiger charge is -2.43. The maximum absolute atomic E-state index is 11.3. The smallest absolute Gasteiger partial charge is 0.111 e. The second kappa shape index (κ2) is 6.01. The average molecular weight is 319 g/mol. The number of aromatic nitrogens is 1. The Morgan fingerprint density at radius 2 is 1.83 bits per heavy atom. The number of rotatable bonds is 3. The zero-order valence-corrected chi connectivity index (χ0v) is 13.6. The third kappa shape index (κ3) is 2.60. The summed E-state index contributed by atoms with van der Waals surface area (Å²) >= 11 is 0. The minimum absolute atomic E-state index is 0.350. The summed E-state index contributed by atoms with van der Waals surface area (Å²) in [5.74, 6) is 0. The van der Waals surface area contributed by atoms with E-state index in [1.165, 1.54) is 5.56 Å². The van der Waals surface area contributed by atoms with Gasteiger partial charge in [-0.2, -0.15) is 5.26 Å². The van der Waals surface area contributed by atoms with Crippen molar-refractivity contribution in [3.63, 3.8) is 0 Å². The SMILES string of the molecule is N#Cc1cccnc1C1(O)CC2CCC(C1)N2Cc1ccccc1. The number of nitrogens with zero attached hydrogens (tertiary/aromatic N) is 3. The molecular formula is C20H21N3O. The van der Waals surface area contributed by atoms with E-state index in [4.69, 9.17) is 0 Å². The van der Waals surface area contributed by atoms with Gasteiger partial charge in [0.15, 0.2) is 0 Å². The molecule has 1 aromatic carbocycles. The first kappa shape index (κ1) is 15.3. The Kier molecular flexibility index (Phi) is 3.84. The first-order chi connectivity index (χ1) is 11.7. The van der Waals surface area contributed by atoms with Crippen LogP contribution >= 0.6 is 0 Å². The van der Waals surface area contributed by atoms with Crippen LogP contribution in [-0.4, -0.2) is 27.1 Å². The highest BCUT2D eigenvalue weighted by atomic mass is 16.3. The first-order valence-corrected chi connectivity index (χ1v) is 8.57. The maximum Gasteiger partial charge on any atom is 0.111 e. The normalized spacial score (nSPS) is 29.3. The minimum Gasteiger partial charge on any atom is -0.383 e. The van der Waals surface area contributed by atoms with Crippen molar-refractivity contribution in [3.8, 4) is 6.07 Å². The second-order valence-corrected chi connectivity index (χ2v) is 6.99. The van der Waals surface area contributed by atoms with Gasteiger partial charge >= 0.3 is 0 Å². The number of piperidine rings is 1. The topological polar surface area (TPSA) is 60.1 Å². The van der Waals surface area contributed by atoms with Crippen LogP contribution in [0.3, 0.4) is 0 Å². The fraction of sp³-hybridized carbons (Fsp3) is 0.400. The second-order valence-electron chi connectivity index (χ2n) is 6.99. The molecule has 3 heterocycles. The fourth-order valence-corrected chi connectivity index (χ4v) is 4.43. The zero-order valence-electron chi connectivity index (χ0n) is 13.6. The molecule has 24 heavy (non-hydrogen) atoms. The molecule has 4 rings (SSSR count). The van der Waals surface area contributed by atoms with Crippen molar-refractivity contribution in [2.24, 2.45) is 0 Å². The largest absolute Gasteiger partial charge is 0.383 e. The molecule has 0 aliphatic carbocycles. The zero-order chi connectivity index (χ0) is 16.6. The van der Waals surface area contributed by atoms with Crippen LogP contribution < -0.4 is 0 Å². The summed E-state index contributed by atoms with van der Waals surface area (Å²) in [6, 6.07) is 16.9. The van der Waals surface area contributed by atoms with Crippen molar-refractivity contribution >= 4 is 0 Å². The summed E-state index contributed by atoms with van der Waals surface area (Å²) in [6.07, 6.45) is 5.19. The molecule has 2 aromatic rings. The van der Waals surface area contributed by atoms with Crippen LogP contribution in [0.1, 0.15) is 42.5 Å². The number of nitriles is 1. The van der Waals surface area contributed by atoms with Crippen LogP contribution in [0.5, 0.6) is 0 Å². The van der Waals surface area contributed by atoms with Crippen LogP contribution in [0.25, 0.3) is 0 Å². The Morgan fingerprint density at radius 3 is 2.50 bits per heavy atom. The van der Waals surface area contributed by atoms with Gasteiger partial charge in [-0.15, -0.1) is 0 Å². The van der Waals surface area contributed by atoms with Crippen LogP contribution in [0.2, 0.25) is 0 Å². The molecule has 2 fully saturated rings. The van der Waals surface area contributed by atoms with Gasteiger partial charge in [-0.25, -0.2) is 0 Å². The Bertz CT molecular complexity index is 754. The Labute approximate surface area is 142 Å². The van der Waals surface area contributed by atoms with E-state index in [9.17, 15) is 10.4 Å². The van der Waals surface area contributed by atoms with E-state index < -0.39 is 5.60 Å². The molecule has 0 amide bonds. The molecule has 2 bridgehead atoms. The molecule has 0 spiro atoms. The van der Waals surface area contributed by atoms with Gasteiger partial charge in [-0.3, -0.25) is 9.88 Å². The molecule has 122 valence electrons. The number of benzene rings is 1. The summed E-state index contributed by atoms with van der Waals surface area (Å²) in [4.78, 5) is 6.89. The molecule has 2 aliphatic rings. The molecular weight excluding hydrogens is 298 g/mol. The highest BCUT2D eigenvalue weighted by Crippen LogP contribution is 2.46. The van der Waals surface area contributed by atoms with E-state index in [2.05, 4.69) is 40.2 Å². The van der Waals surface area contributed by atoms with Crippen LogP contribution in [0, 0.1) is 11.3 Å². The summed E-state index contributed by atoms with van der Waals surface area (Å²) in [7, 11) is 0. The molecule has 2 aliphatic heterocycles. The van der Waals surface area contributed by atoms with Crippen molar-refractivity contribution in [1.29, 1.82) is 5.26 Å². The van der Waals surface area contributed by atoms with Gasteiger partial charge in [-0.05, 0) is 43.4 Å². The van der Waals surface area contributed by atoms with E-state index in [0.717, 1.165) is 19.4 Å². The van der Waals surface area contributed by atoms with Gasteiger partial charge in [0.25, 0.3) is 0 Å². The summed E-state index contributed by atoms with van der Waals surface area (Å²) in [5.41, 5.74) is 1.39. The van der Waals surface area contributed by atoms with E-state index in [1.54, 1.807) is 18.3 Å². The molecule has 0 saturated carbocycles. The number of aliphatic hydroxyl groups is 1. The summed E-state index contributed by atoms with van der Waals surface area (Å²) in [5, 5.41) is 20.6. The van der Waals surface area contributed by atoms with E-state index in [1.807, 2.05) is 6.07 Å². The first-order valence-electron chi connectivity index (χ1n) is 8.57. The lowest BCUT2D eigenvalue weighted by atomic mass is 9.81. The Morgan fingerprint density at radius 1 is 1.12 bits per heavy atom. The predicted octanol–water partition coefficient (Wildman–Crippen LogP) is 2.97. The van der Waals surface area contributed by atoms with Crippen molar-refractivity contribution in [2.75, 3.05) is 0 Å². The van der Waals surface area contributed by atoms with Crippen LogP contribution in [-0.2, 0) is 12.1 Å². The van der Waals surface area contributed by atoms with Gasteiger partial charge in [0.1, 0.15) is 11.7 Å². The molecule has 2 saturated heterocycles. The number of pyridine rings is 1. The third-order valence-corrected chi connectivity index (χ3v) is 5.49. The van der Waals surface area contributed by atoms with Crippen LogP contribution in [0.15, 0.2) is 48.7 Å².